The van der Waals surface area contributed by atoms with Crippen LogP contribution in [-0.4, -0.2) is 49.8 Å². The van der Waals surface area contributed by atoms with Crippen LogP contribution in [0.3, 0.4) is 0 Å². The van der Waals surface area contributed by atoms with Crippen molar-refractivity contribution in [2.75, 3.05) is 39.9 Å². The van der Waals surface area contributed by atoms with Crippen LogP contribution in [0.15, 0.2) is 18.2 Å². The molecule has 98 valence electrons. The SMILES string of the molecule is CN1CCN(N)C(c2ccc3c(c2)OCCO3)C1. The normalized spacial score (nSPS) is 25.1. The van der Waals surface area contributed by atoms with Crippen LogP contribution in [0.25, 0.3) is 0 Å². The van der Waals surface area contributed by atoms with Crippen LogP contribution in [0.1, 0.15) is 11.6 Å². The Balaban J connectivity index is 1.86. The van der Waals surface area contributed by atoms with Gasteiger partial charge in [0.25, 0.3) is 0 Å². The van der Waals surface area contributed by atoms with Crippen molar-refractivity contribution < 1.29 is 9.47 Å². The smallest absolute Gasteiger partial charge is 0.161 e. The average molecular weight is 249 g/mol. The molecular formula is C13H19N3O2. The summed E-state index contributed by atoms with van der Waals surface area (Å²) >= 11 is 0. The minimum atomic E-state index is 0.222. The van der Waals surface area contributed by atoms with E-state index in [0.29, 0.717) is 13.2 Å². The first kappa shape index (κ1) is 11.8. The van der Waals surface area contributed by atoms with Crippen LogP contribution in [0.2, 0.25) is 0 Å². The third-order valence-electron chi connectivity index (χ3n) is 3.58. The van der Waals surface area contributed by atoms with Crippen LogP contribution in [-0.2, 0) is 0 Å². The Morgan fingerprint density at radius 1 is 1.17 bits per heavy atom. The highest BCUT2D eigenvalue weighted by molar-refractivity contribution is 5.44. The van der Waals surface area contributed by atoms with Crippen molar-refractivity contribution in [3.8, 4) is 11.5 Å². The molecular weight excluding hydrogens is 230 g/mol. The number of hydrazine groups is 1. The molecule has 1 saturated heterocycles. The summed E-state index contributed by atoms with van der Waals surface area (Å²) in [4.78, 5) is 2.30. The van der Waals surface area contributed by atoms with E-state index in [-0.39, 0.29) is 6.04 Å². The molecule has 1 fully saturated rings. The first-order chi connectivity index (χ1) is 8.74. The van der Waals surface area contributed by atoms with E-state index in [2.05, 4.69) is 24.1 Å². The third-order valence-corrected chi connectivity index (χ3v) is 3.58. The van der Waals surface area contributed by atoms with E-state index in [4.69, 9.17) is 15.3 Å². The zero-order chi connectivity index (χ0) is 12.5. The van der Waals surface area contributed by atoms with E-state index in [1.54, 1.807) is 0 Å². The Morgan fingerprint density at radius 3 is 2.78 bits per heavy atom. The zero-order valence-electron chi connectivity index (χ0n) is 10.6. The van der Waals surface area contributed by atoms with Gasteiger partial charge in [0.05, 0.1) is 6.04 Å². The largest absolute Gasteiger partial charge is 0.486 e. The molecule has 18 heavy (non-hydrogen) atoms. The fourth-order valence-corrected chi connectivity index (χ4v) is 2.50. The minimum Gasteiger partial charge on any atom is -0.486 e. The summed E-state index contributed by atoms with van der Waals surface area (Å²) in [6, 6.07) is 6.33. The molecule has 2 N–H and O–H groups in total. The average Bonchev–Trinajstić information content (AvgIpc) is 2.41. The highest BCUT2D eigenvalue weighted by Crippen LogP contribution is 2.34. The van der Waals surface area contributed by atoms with Crippen molar-refractivity contribution in [1.82, 2.24) is 9.91 Å². The number of likely N-dealkylation sites (N-methyl/N-ethyl adjacent to an activating group) is 1. The number of nitrogens with zero attached hydrogens (tertiary/aromatic N) is 2. The van der Waals surface area contributed by atoms with Gasteiger partial charge in [0.2, 0.25) is 0 Å². The van der Waals surface area contributed by atoms with Gasteiger partial charge in [-0.3, -0.25) is 5.84 Å². The fraction of sp³-hybridized carbons (Fsp3) is 0.538. The molecule has 1 atom stereocenters. The van der Waals surface area contributed by atoms with Gasteiger partial charge in [0.1, 0.15) is 13.2 Å². The number of piperazine rings is 1. The number of hydrogen-bond donors (Lipinski definition) is 1. The predicted octanol–water partition coefficient (Wildman–Crippen LogP) is 0.620. The number of benzene rings is 1. The number of nitrogens with two attached hydrogens (primary N) is 1. The van der Waals surface area contributed by atoms with Gasteiger partial charge >= 0.3 is 0 Å². The van der Waals surface area contributed by atoms with Crippen LogP contribution >= 0.6 is 0 Å². The molecule has 0 saturated carbocycles. The highest BCUT2D eigenvalue weighted by atomic mass is 16.6. The Bertz CT molecular complexity index is 438. The van der Waals surface area contributed by atoms with E-state index in [1.807, 2.05) is 11.1 Å². The van der Waals surface area contributed by atoms with Gasteiger partial charge in [-0.25, -0.2) is 5.01 Å². The monoisotopic (exact) mass is 249 g/mol. The predicted molar refractivity (Wildman–Crippen MR) is 68.6 cm³/mol. The highest BCUT2D eigenvalue weighted by Gasteiger charge is 2.25. The van der Waals surface area contributed by atoms with Crippen molar-refractivity contribution in [3.05, 3.63) is 23.8 Å². The van der Waals surface area contributed by atoms with Gasteiger partial charge < -0.3 is 14.4 Å². The van der Waals surface area contributed by atoms with Gasteiger partial charge in [-0.05, 0) is 24.7 Å². The number of rotatable bonds is 1. The van der Waals surface area contributed by atoms with Crippen LogP contribution in [0.5, 0.6) is 11.5 Å². The standard InChI is InChI=1S/C13H19N3O2/c1-15-4-5-16(14)11(9-15)10-2-3-12-13(8-10)18-7-6-17-12/h2-3,8,11H,4-7,9,14H2,1H3. The van der Waals surface area contributed by atoms with Crippen LogP contribution in [0.4, 0.5) is 0 Å². The van der Waals surface area contributed by atoms with Crippen molar-refractivity contribution in [3.63, 3.8) is 0 Å². The molecule has 2 aliphatic heterocycles. The van der Waals surface area contributed by atoms with E-state index in [0.717, 1.165) is 31.1 Å². The van der Waals surface area contributed by atoms with Crippen molar-refractivity contribution in [2.24, 2.45) is 5.84 Å². The van der Waals surface area contributed by atoms with Crippen LogP contribution < -0.4 is 15.3 Å². The summed E-state index contributed by atoms with van der Waals surface area (Å²) in [5, 5.41) is 1.91. The summed E-state index contributed by atoms with van der Waals surface area (Å²) in [7, 11) is 2.12. The Morgan fingerprint density at radius 2 is 1.94 bits per heavy atom. The first-order valence-electron chi connectivity index (χ1n) is 6.33. The second-order valence-corrected chi connectivity index (χ2v) is 4.92. The zero-order valence-corrected chi connectivity index (χ0v) is 10.6. The lowest BCUT2D eigenvalue weighted by atomic mass is 10.0. The summed E-state index contributed by atoms with van der Waals surface area (Å²) in [5.74, 6) is 7.75. The molecule has 2 aliphatic rings. The topological polar surface area (TPSA) is 51.0 Å². The molecule has 0 aliphatic carbocycles. The molecule has 5 nitrogen and oxygen atoms in total. The lowest BCUT2D eigenvalue weighted by Crippen LogP contribution is -2.50. The van der Waals surface area contributed by atoms with E-state index < -0.39 is 0 Å². The summed E-state index contributed by atoms with van der Waals surface area (Å²) in [5.41, 5.74) is 1.19. The van der Waals surface area contributed by atoms with Crippen LogP contribution in [0, 0.1) is 0 Å². The van der Waals surface area contributed by atoms with E-state index in [9.17, 15) is 0 Å². The molecule has 0 spiro atoms. The molecule has 0 radical (unpaired) electrons. The molecule has 2 heterocycles. The molecule has 0 bridgehead atoms. The molecule has 0 amide bonds. The number of fused-ring (bicyclic) bond motifs is 1. The summed E-state index contributed by atoms with van der Waals surface area (Å²) in [6.07, 6.45) is 0. The number of ether oxygens (including phenoxy) is 2. The Hall–Kier alpha value is -1.30. The lowest BCUT2D eigenvalue weighted by molar-refractivity contribution is 0.0900. The van der Waals surface area contributed by atoms with Gasteiger partial charge in [0, 0.05) is 19.6 Å². The molecule has 5 heteroatoms. The maximum Gasteiger partial charge on any atom is 0.161 e. The third kappa shape index (κ3) is 2.16. The molecule has 0 aromatic heterocycles. The minimum absolute atomic E-state index is 0.222. The van der Waals surface area contributed by atoms with Gasteiger partial charge in [-0.1, -0.05) is 6.07 Å². The first-order valence-corrected chi connectivity index (χ1v) is 6.33. The molecule has 1 aromatic carbocycles. The second kappa shape index (κ2) is 4.76. The van der Waals surface area contributed by atoms with Gasteiger partial charge in [-0.2, -0.15) is 0 Å². The maximum atomic E-state index is 6.08. The quantitative estimate of drug-likeness (QED) is 0.739. The van der Waals surface area contributed by atoms with Crippen molar-refractivity contribution >= 4 is 0 Å². The Labute approximate surface area is 107 Å². The van der Waals surface area contributed by atoms with Crippen molar-refractivity contribution in [2.45, 2.75) is 6.04 Å². The Kier molecular flexibility index (Phi) is 3.11. The van der Waals surface area contributed by atoms with Gasteiger partial charge in [0.15, 0.2) is 11.5 Å². The molecule has 1 aromatic rings. The van der Waals surface area contributed by atoms with E-state index in [1.165, 1.54) is 5.56 Å². The number of hydrogen-bond acceptors (Lipinski definition) is 5. The lowest BCUT2D eigenvalue weighted by Gasteiger charge is -2.37. The molecule has 3 rings (SSSR count). The van der Waals surface area contributed by atoms with Gasteiger partial charge in [-0.15, -0.1) is 0 Å². The van der Waals surface area contributed by atoms with E-state index >= 15 is 0 Å². The molecule has 1 unspecified atom stereocenters. The summed E-state index contributed by atoms with van der Waals surface area (Å²) in [6.45, 7) is 4.08. The van der Waals surface area contributed by atoms with Crippen molar-refractivity contribution in [1.29, 1.82) is 0 Å². The fourth-order valence-electron chi connectivity index (χ4n) is 2.50. The second-order valence-electron chi connectivity index (χ2n) is 4.92. The maximum absolute atomic E-state index is 6.08. The summed E-state index contributed by atoms with van der Waals surface area (Å²) < 4.78 is 11.2.